The number of likely N-dealkylation sites (tertiary alicyclic amines) is 1. The van der Waals surface area contributed by atoms with Crippen LogP contribution in [0.5, 0.6) is 0 Å². The lowest BCUT2D eigenvalue weighted by molar-refractivity contribution is -0.148. The smallest absolute Gasteiger partial charge is 0.311 e. The van der Waals surface area contributed by atoms with Crippen molar-refractivity contribution < 1.29 is 13.2 Å². The van der Waals surface area contributed by atoms with Crippen molar-refractivity contribution in [2.24, 2.45) is 11.3 Å². The Morgan fingerprint density at radius 3 is 2.55 bits per heavy atom. The highest BCUT2D eigenvalue weighted by molar-refractivity contribution is 5.21. The van der Waals surface area contributed by atoms with Crippen LogP contribution in [0.4, 0.5) is 13.2 Å². The van der Waals surface area contributed by atoms with Crippen LogP contribution in [0.25, 0.3) is 0 Å². The van der Waals surface area contributed by atoms with Gasteiger partial charge in [-0.15, -0.1) is 0 Å². The Hall–Kier alpha value is -0.810. The largest absolute Gasteiger partial charge is 0.401 e. The maximum Gasteiger partial charge on any atom is 0.401 e. The summed E-state index contributed by atoms with van der Waals surface area (Å²) < 4.78 is 37.2. The maximum atomic E-state index is 12.4. The number of piperidine rings is 1. The van der Waals surface area contributed by atoms with Crippen LogP contribution < -0.4 is 5.32 Å². The van der Waals surface area contributed by atoms with Gasteiger partial charge in [0.1, 0.15) is 0 Å². The van der Waals surface area contributed by atoms with E-state index < -0.39 is 12.7 Å². The second kappa shape index (κ2) is 6.00. The molecule has 1 unspecified atom stereocenters. The van der Waals surface area contributed by atoms with Crippen LogP contribution in [0.15, 0.2) is 24.3 Å². The molecule has 22 heavy (non-hydrogen) atoms. The predicted octanol–water partition coefficient (Wildman–Crippen LogP) is 3.51. The van der Waals surface area contributed by atoms with E-state index in [9.17, 15) is 13.2 Å². The Kier molecular flexibility index (Phi) is 4.38. The minimum atomic E-state index is -4.07. The molecule has 1 aliphatic heterocycles. The molecular weight excluding hydrogens is 289 g/mol. The van der Waals surface area contributed by atoms with E-state index in [1.54, 1.807) is 0 Å². The summed E-state index contributed by atoms with van der Waals surface area (Å²) in [5, 5.41) is 3.68. The molecule has 1 heterocycles. The molecule has 0 spiro atoms. The van der Waals surface area contributed by atoms with Gasteiger partial charge in [0.15, 0.2) is 0 Å². The van der Waals surface area contributed by atoms with Crippen molar-refractivity contribution in [3.63, 3.8) is 0 Å². The first kappa shape index (κ1) is 16.1. The van der Waals surface area contributed by atoms with Gasteiger partial charge in [-0.05, 0) is 50.1 Å². The van der Waals surface area contributed by atoms with Gasteiger partial charge in [0, 0.05) is 12.1 Å². The van der Waals surface area contributed by atoms with Crippen LogP contribution in [-0.2, 0) is 0 Å². The summed E-state index contributed by atoms with van der Waals surface area (Å²) in [5.74, 6) is 0.668. The van der Waals surface area contributed by atoms with Crippen molar-refractivity contribution in [1.82, 2.24) is 10.2 Å². The van der Waals surface area contributed by atoms with Crippen molar-refractivity contribution in [1.29, 1.82) is 0 Å². The number of nitrogens with one attached hydrogen (secondary N) is 1. The standard InChI is InChI=1S/C17H25F3N2/c1-16(7-3-2-4-8-16)14-11-15(14)21-13-5-9-22(10-6-13)12-17(18,19)20/h2-4,7,13-15,21H,5-6,8-12H2,1H3/t14-,15-,16?/m0/s1. The number of halogens is 3. The quantitative estimate of drug-likeness (QED) is 0.854. The van der Waals surface area contributed by atoms with Crippen molar-refractivity contribution in [3.8, 4) is 0 Å². The van der Waals surface area contributed by atoms with Crippen LogP contribution in [0, 0.1) is 11.3 Å². The molecule has 1 N–H and O–H groups in total. The maximum absolute atomic E-state index is 12.4. The number of alkyl halides is 3. The molecule has 1 saturated carbocycles. The topological polar surface area (TPSA) is 15.3 Å². The van der Waals surface area contributed by atoms with Crippen molar-refractivity contribution in [3.05, 3.63) is 24.3 Å². The molecule has 2 aliphatic carbocycles. The Bertz CT molecular complexity index is 449. The monoisotopic (exact) mass is 314 g/mol. The highest BCUT2D eigenvalue weighted by Gasteiger charge is 2.49. The Labute approximate surface area is 130 Å². The van der Waals surface area contributed by atoms with E-state index >= 15 is 0 Å². The van der Waals surface area contributed by atoms with Gasteiger partial charge in [0.2, 0.25) is 0 Å². The Morgan fingerprint density at radius 2 is 1.95 bits per heavy atom. The number of allylic oxidation sites excluding steroid dienone is 4. The molecule has 2 nitrogen and oxygen atoms in total. The van der Waals surface area contributed by atoms with E-state index in [1.165, 1.54) is 11.3 Å². The minimum Gasteiger partial charge on any atom is -0.311 e. The van der Waals surface area contributed by atoms with Crippen LogP contribution >= 0.6 is 0 Å². The second-order valence-corrected chi connectivity index (χ2v) is 7.28. The number of nitrogens with zero attached hydrogens (tertiary/aromatic N) is 1. The van der Waals surface area contributed by atoms with Crippen molar-refractivity contribution in [2.75, 3.05) is 19.6 Å². The molecule has 2 fully saturated rings. The third kappa shape index (κ3) is 3.93. The summed E-state index contributed by atoms with van der Waals surface area (Å²) in [6.07, 6.45) is 8.64. The Balaban J connectivity index is 1.41. The molecule has 0 radical (unpaired) electrons. The minimum absolute atomic E-state index is 0.253. The summed E-state index contributed by atoms with van der Waals surface area (Å²) in [6.45, 7) is 2.65. The summed E-state index contributed by atoms with van der Waals surface area (Å²) in [4.78, 5) is 1.53. The number of hydrogen-bond acceptors (Lipinski definition) is 2. The third-order valence-corrected chi connectivity index (χ3v) is 5.36. The van der Waals surface area contributed by atoms with E-state index in [1.807, 2.05) is 0 Å². The van der Waals surface area contributed by atoms with Gasteiger partial charge in [-0.2, -0.15) is 13.2 Å². The van der Waals surface area contributed by atoms with Gasteiger partial charge in [0.05, 0.1) is 6.54 Å². The molecule has 1 saturated heterocycles. The van der Waals surface area contributed by atoms with Crippen LogP contribution in [0.1, 0.15) is 32.6 Å². The van der Waals surface area contributed by atoms with Gasteiger partial charge < -0.3 is 5.32 Å². The molecule has 124 valence electrons. The first-order valence-corrected chi connectivity index (χ1v) is 8.25. The normalized spacial score (nSPS) is 36.7. The average Bonchev–Trinajstić information content (AvgIpc) is 3.20. The lowest BCUT2D eigenvalue weighted by atomic mass is 9.79. The lowest BCUT2D eigenvalue weighted by Gasteiger charge is -2.33. The lowest BCUT2D eigenvalue weighted by Crippen LogP contribution is -2.46. The zero-order valence-electron chi connectivity index (χ0n) is 13.1. The van der Waals surface area contributed by atoms with E-state index in [-0.39, 0.29) is 5.41 Å². The van der Waals surface area contributed by atoms with Crippen LogP contribution in [0.3, 0.4) is 0 Å². The number of hydrogen-bond donors (Lipinski definition) is 1. The zero-order valence-corrected chi connectivity index (χ0v) is 13.1. The summed E-state index contributed by atoms with van der Waals surface area (Å²) in [5.41, 5.74) is 0.253. The van der Waals surface area contributed by atoms with Gasteiger partial charge in [-0.1, -0.05) is 31.2 Å². The van der Waals surface area contributed by atoms with Gasteiger partial charge in [-0.25, -0.2) is 0 Å². The molecular formula is C17H25F3N2. The van der Waals surface area contributed by atoms with E-state index in [2.05, 4.69) is 36.5 Å². The molecule has 3 aliphatic rings. The molecule has 0 bridgehead atoms. The number of rotatable bonds is 4. The Morgan fingerprint density at radius 1 is 1.23 bits per heavy atom. The molecule has 0 aromatic rings. The zero-order chi connectivity index (χ0) is 15.8. The fourth-order valence-corrected chi connectivity index (χ4v) is 3.94. The van der Waals surface area contributed by atoms with E-state index in [0.29, 0.717) is 31.1 Å². The highest BCUT2D eigenvalue weighted by Crippen LogP contribution is 2.50. The second-order valence-electron chi connectivity index (χ2n) is 7.28. The van der Waals surface area contributed by atoms with Gasteiger partial charge in [0.25, 0.3) is 0 Å². The van der Waals surface area contributed by atoms with E-state index in [4.69, 9.17) is 0 Å². The molecule has 5 heteroatoms. The summed E-state index contributed by atoms with van der Waals surface area (Å²) in [7, 11) is 0. The fourth-order valence-electron chi connectivity index (χ4n) is 3.94. The molecule has 0 aromatic carbocycles. The predicted molar refractivity (Wildman–Crippen MR) is 81.6 cm³/mol. The average molecular weight is 314 g/mol. The van der Waals surface area contributed by atoms with Gasteiger partial charge in [-0.3, -0.25) is 4.90 Å². The SMILES string of the molecule is CC1([C@H]2C[C@@H]2NC2CCN(CC(F)(F)F)CC2)C=CC=CC1. The molecule has 0 aromatic heterocycles. The highest BCUT2D eigenvalue weighted by atomic mass is 19.4. The van der Waals surface area contributed by atoms with Crippen LogP contribution in [0.2, 0.25) is 0 Å². The third-order valence-electron chi connectivity index (χ3n) is 5.36. The fraction of sp³-hybridized carbons (Fsp3) is 0.765. The van der Waals surface area contributed by atoms with Crippen LogP contribution in [-0.4, -0.2) is 42.8 Å². The summed E-state index contributed by atoms with van der Waals surface area (Å²) >= 11 is 0. The molecule has 0 amide bonds. The van der Waals surface area contributed by atoms with Crippen molar-refractivity contribution >= 4 is 0 Å². The van der Waals surface area contributed by atoms with Gasteiger partial charge >= 0.3 is 6.18 Å². The molecule has 3 atom stereocenters. The molecule has 3 rings (SSSR count). The summed E-state index contributed by atoms with van der Waals surface area (Å²) in [6, 6.07) is 0.923. The van der Waals surface area contributed by atoms with Crippen molar-refractivity contribution in [2.45, 2.75) is 50.9 Å². The van der Waals surface area contributed by atoms with E-state index in [0.717, 1.165) is 19.3 Å². The first-order valence-electron chi connectivity index (χ1n) is 8.25. The first-order chi connectivity index (χ1) is 10.4.